The second-order valence-corrected chi connectivity index (χ2v) is 7.04. The Morgan fingerprint density at radius 2 is 2.19 bits per heavy atom. The lowest BCUT2D eigenvalue weighted by atomic mass is 9.76. The highest BCUT2D eigenvalue weighted by Gasteiger charge is 2.36. The molecule has 1 aliphatic heterocycles. The Morgan fingerprint density at radius 1 is 1.38 bits per heavy atom. The molecule has 0 saturated carbocycles. The average Bonchev–Trinajstić information content (AvgIpc) is 2.64. The van der Waals surface area contributed by atoms with E-state index in [0.29, 0.717) is 28.6 Å². The molecule has 0 N–H and O–H groups in total. The number of nitrogens with zero attached hydrogens (tertiary/aromatic N) is 1. The maximum atomic E-state index is 12.1. The first-order valence-electron chi connectivity index (χ1n) is 8.76. The number of carbonyl (C=O) groups excluding carboxylic acids is 1. The molecule has 1 heterocycles. The number of carbonyl (C=O) groups is 1. The number of benzene rings is 1. The fraction of sp³-hybridized carbons (Fsp3) is 0.579. The summed E-state index contributed by atoms with van der Waals surface area (Å²) >= 11 is 12.1. The minimum absolute atomic E-state index is 0.0792. The Balaban J connectivity index is 2.17. The molecule has 1 aliphatic rings. The first-order valence-corrected chi connectivity index (χ1v) is 9.52. The van der Waals surface area contributed by atoms with Gasteiger partial charge in [-0.25, -0.2) is 0 Å². The van der Waals surface area contributed by atoms with Gasteiger partial charge < -0.3 is 14.2 Å². The van der Waals surface area contributed by atoms with Gasteiger partial charge in [0.15, 0.2) is 6.29 Å². The van der Waals surface area contributed by atoms with Crippen molar-refractivity contribution in [1.82, 2.24) is 0 Å². The fourth-order valence-corrected chi connectivity index (χ4v) is 3.25. The van der Waals surface area contributed by atoms with Gasteiger partial charge in [0, 0.05) is 6.61 Å². The van der Waals surface area contributed by atoms with Crippen LogP contribution >= 0.6 is 23.2 Å². The predicted molar refractivity (Wildman–Crippen MR) is 99.2 cm³/mol. The Kier molecular flexibility index (Phi) is 8.17. The molecule has 5 nitrogen and oxygen atoms in total. The molecule has 1 aromatic carbocycles. The van der Waals surface area contributed by atoms with E-state index in [1.165, 1.54) is 0 Å². The van der Waals surface area contributed by atoms with Gasteiger partial charge in [0.25, 0.3) is 0 Å². The highest BCUT2D eigenvalue weighted by Crippen LogP contribution is 2.36. The topological polar surface area (TPSA) is 68.6 Å². The highest BCUT2D eigenvalue weighted by molar-refractivity contribution is 6.42. The lowest BCUT2D eigenvalue weighted by Crippen LogP contribution is -2.32. The van der Waals surface area contributed by atoms with Gasteiger partial charge in [0.2, 0.25) is 0 Å². The van der Waals surface area contributed by atoms with Gasteiger partial charge in [-0.3, -0.25) is 4.79 Å². The Bertz CT molecular complexity index is 655. The predicted octanol–water partition coefficient (Wildman–Crippen LogP) is 4.64. The molecule has 0 aliphatic carbocycles. The summed E-state index contributed by atoms with van der Waals surface area (Å²) in [6.07, 6.45) is 2.92. The molecule has 0 radical (unpaired) electrons. The summed E-state index contributed by atoms with van der Waals surface area (Å²) in [5, 5.41) is 10.7. The summed E-state index contributed by atoms with van der Waals surface area (Å²) in [6, 6.07) is 7.25. The Morgan fingerprint density at radius 3 is 2.81 bits per heavy atom. The molecule has 0 amide bonds. The molecule has 2 unspecified atom stereocenters. The van der Waals surface area contributed by atoms with Crippen molar-refractivity contribution < 1.29 is 19.0 Å². The number of ether oxygens (including phenoxy) is 3. The number of rotatable bonds is 8. The summed E-state index contributed by atoms with van der Waals surface area (Å²) in [5.41, 5.74) is -0.481. The van der Waals surface area contributed by atoms with Crippen LogP contribution in [-0.2, 0) is 24.4 Å². The van der Waals surface area contributed by atoms with E-state index in [0.717, 1.165) is 19.3 Å². The summed E-state index contributed by atoms with van der Waals surface area (Å²) in [5.74, 6) is -0.436. The summed E-state index contributed by atoms with van der Waals surface area (Å²) < 4.78 is 16.4. The fourth-order valence-electron chi connectivity index (χ4n) is 2.95. The van der Waals surface area contributed by atoms with Crippen LogP contribution in [0.3, 0.4) is 0 Å². The number of nitriles is 1. The largest absolute Gasteiger partial charge is 0.466 e. The summed E-state index contributed by atoms with van der Waals surface area (Å²) in [6.45, 7) is 2.96. The van der Waals surface area contributed by atoms with Gasteiger partial charge in [0.05, 0.1) is 41.2 Å². The van der Waals surface area contributed by atoms with E-state index < -0.39 is 11.4 Å². The van der Waals surface area contributed by atoms with Gasteiger partial charge in [-0.2, -0.15) is 5.26 Å². The molecule has 1 saturated heterocycles. The third-order valence-electron chi connectivity index (χ3n) is 4.41. The molecular weight excluding hydrogens is 377 g/mol. The smallest absolute Gasteiger partial charge is 0.307 e. The number of esters is 1. The molecule has 26 heavy (non-hydrogen) atoms. The van der Waals surface area contributed by atoms with Crippen LogP contribution in [0.25, 0.3) is 0 Å². The second-order valence-electron chi connectivity index (χ2n) is 6.22. The minimum atomic E-state index is -1.10. The molecule has 2 atom stereocenters. The van der Waals surface area contributed by atoms with Crippen molar-refractivity contribution in [3.63, 3.8) is 0 Å². The van der Waals surface area contributed by atoms with Crippen LogP contribution in [0.1, 0.15) is 44.6 Å². The van der Waals surface area contributed by atoms with Gasteiger partial charge >= 0.3 is 5.97 Å². The number of hydrogen-bond donors (Lipinski definition) is 0. The van der Waals surface area contributed by atoms with Crippen molar-refractivity contribution in [2.24, 2.45) is 0 Å². The van der Waals surface area contributed by atoms with Crippen LogP contribution in [0.5, 0.6) is 0 Å². The summed E-state index contributed by atoms with van der Waals surface area (Å²) in [7, 11) is 0. The standard InChI is InChI=1S/C19H23Cl2NO4/c1-2-24-17(23)12-19(13-22,14-6-7-15(20)16(21)11-14)8-10-26-18-5-3-4-9-25-18/h6-7,11,18H,2-5,8-10,12H2,1H3. The quantitative estimate of drug-likeness (QED) is 0.595. The van der Waals surface area contributed by atoms with E-state index >= 15 is 0 Å². The molecule has 7 heteroatoms. The SMILES string of the molecule is CCOC(=O)CC(C#N)(CCOC1CCCCO1)c1ccc(Cl)c(Cl)c1. The van der Waals surface area contributed by atoms with E-state index in [1.54, 1.807) is 25.1 Å². The molecule has 0 spiro atoms. The zero-order chi connectivity index (χ0) is 19.0. The van der Waals surface area contributed by atoms with Gasteiger partial charge in [-0.15, -0.1) is 0 Å². The molecule has 0 aromatic heterocycles. The van der Waals surface area contributed by atoms with Crippen LogP contribution in [-0.4, -0.2) is 32.1 Å². The summed E-state index contributed by atoms with van der Waals surface area (Å²) in [4.78, 5) is 12.1. The zero-order valence-corrected chi connectivity index (χ0v) is 16.3. The van der Waals surface area contributed by atoms with E-state index in [2.05, 4.69) is 6.07 Å². The normalized spacial score (nSPS) is 19.4. The van der Waals surface area contributed by atoms with Crippen LogP contribution in [0.15, 0.2) is 18.2 Å². The first-order chi connectivity index (χ1) is 12.5. The minimum Gasteiger partial charge on any atom is -0.466 e. The highest BCUT2D eigenvalue weighted by atomic mass is 35.5. The molecule has 0 bridgehead atoms. The van der Waals surface area contributed by atoms with Gasteiger partial charge in [-0.05, 0) is 50.3 Å². The van der Waals surface area contributed by atoms with Crippen molar-refractivity contribution in [3.8, 4) is 6.07 Å². The van der Waals surface area contributed by atoms with Crippen LogP contribution in [0.2, 0.25) is 10.0 Å². The Hall–Kier alpha value is -1.32. The van der Waals surface area contributed by atoms with Crippen molar-refractivity contribution in [1.29, 1.82) is 5.26 Å². The Labute approximate surface area is 164 Å². The molecule has 142 valence electrons. The van der Waals surface area contributed by atoms with Crippen molar-refractivity contribution in [3.05, 3.63) is 33.8 Å². The van der Waals surface area contributed by atoms with Gasteiger partial charge in [-0.1, -0.05) is 29.3 Å². The molecular formula is C19H23Cl2NO4. The lowest BCUT2D eigenvalue weighted by molar-refractivity contribution is -0.164. The van der Waals surface area contributed by atoms with E-state index in [4.69, 9.17) is 37.4 Å². The number of hydrogen-bond acceptors (Lipinski definition) is 5. The maximum absolute atomic E-state index is 12.1. The zero-order valence-electron chi connectivity index (χ0n) is 14.8. The third kappa shape index (κ3) is 5.59. The van der Waals surface area contributed by atoms with Crippen molar-refractivity contribution in [2.75, 3.05) is 19.8 Å². The van der Waals surface area contributed by atoms with Crippen LogP contribution < -0.4 is 0 Å². The monoisotopic (exact) mass is 399 g/mol. The molecule has 2 rings (SSSR count). The van der Waals surface area contributed by atoms with E-state index in [1.807, 2.05) is 0 Å². The van der Waals surface area contributed by atoms with Crippen molar-refractivity contribution >= 4 is 29.2 Å². The molecule has 1 fully saturated rings. The lowest BCUT2D eigenvalue weighted by Gasteiger charge is -2.28. The first kappa shape index (κ1) is 21.0. The van der Waals surface area contributed by atoms with E-state index in [9.17, 15) is 10.1 Å². The van der Waals surface area contributed by atoms with E-state index in [-0.39, 0.29) is 25.9 Å². The maximum Gasteiger partial charge on any atom is 0.307 e. The average molecular weight is 400 g/mol. The third-order valence-corrected chi connectivity index (χ3v) is 5.15. The van der Waals surface area contributed by atoms with Crippen LogP contribution in [0.4, 0.5) is 0 Å². The van der Waals surface area contributed by atoms with Gasteiger partial charge in [0.1, 0.15) is 0 Å². The second kappa shape index (κ2) is 10.1. The van der Waals surface area contributed by atoms with Crippen LogP contribution in [0, 0.1) is 11.3 Å². The molecule has 1 aromatic rings. The number of halogens is 2. The van der Waals surface area contributed by atoms with Crippen molar-refractivity contribution in [2.45, 2.75) is 50.7 Å².